The van der Waals surface area contributed by atoms with Crippen LogP contribution in [0.5, 0.6) is 0 Å². The molecule has 0 saturated carbocycles. The molecule has 21 heavy (non-hydrogen) atoms. The molecule has 2 aromatic rings. The second-order valence-corrected chi connectivity index (χ2v) is 5.34. The van der Waals surface area contributed by atoms with Crippen LogP contribution in [0.25, 0.3) is 10.2 Å². The molecule has 2 rings (SSSR count). The average molecular weight is 306 g/mol. The molecule has 2 heterocycles. The van der Waals surface area contributed by atoms with E-state index in [0.29, 0.717) is 37.8 Å². The maximum Gasteiger partial charge on any atom is 0.152 e. The van der Waals surface area contributed by atoms with Crippen molar-refractivity contribution in [2.75, 3.05) is 32.2 Å². The van der Waals surface area contributed by atoms with Crippen LogP contribution < -0.4 is 11.3 Å². The van der Waals surface area contributed by atoms with Gasteiger partial charge in [-0.2, -0.15) is 5.26 Å². The first kappa shape index (κ1) is 15.6. The highest BCUT2D eigenvalue weighted by Crippen LogP contribution is 2.24. The minimum Gasteiger partial charge on any atom is -0.383 e. The van der Waals surface area contributed by atoms with Gasteiger partial charge in [0.15, 0.2) is 5.82 Å². The lowest BCUT2D eigenvalue weighted by atomic mass is 10.3. The first-order chi connectivity index (χ1) is 10.3. The van der Waals surface area contributed by atoms with Crippen molar-refractivity contribution in [1.82, 2.24) is 14.9 Å². The zero-order valence-electron chi connectivity index (χ0n) is 11.9. The summed E-state index contributed by atoms with van der Waals surface area (Å²) in [6.45, 7) is 2.56. The summed E-state index contributed by atoms with van der Waals surface area (Å²) in [7, 11) is 1.66. The lowest BCUT2D eigenvalue weighted by Crippen LogP contribution is -2.29. The predicted molar refractivity (Wildman–Crippen MR) is 82.6 cm³/mol. The van der Waals surface area contributed by atoms with Gasteiger partial charge in [-0.1, -0.05) is 0 Å². The Morgan fingerprint density at radius 3 is 3.05 bits per heavy atom. The van der Waals surface area contributed by atoms with Crippen LogP contribution >= 0.6 is 11.3 Å². The number of thiophene rings is 1. The molecule has 0 unspecified atom stereocenters. The van der Waals surface area contributed by atoms with Crippen LogP contribution in [0.1, 0.15) is 12.2 Å². The summed E-state index contributed by atoms with van der Waals surface area (Å²) in [5.41, 5.74) is 2.62. The third-order valence-electron chi connectivity index (χ3n) is 3.02. The van der Waals surface area contributed by atoms with Gasteiger partial charge < -0.3 is 10.2 Å². The monoisotopic (exact) mass is 306 g/mol. The van der Waals surface area contributed by atoms with E-state index in [9.17, 15) is 0 Å². The molecule has 0 fully saturated rings. The molecule has 0 saturated heterocycles. The van der Waals surface area contributed by atoms with E-state index in [0.717, 1.165) is 16.8 Å². The summed E-state index contributed by atoms with van der Waals surface area (Å²) in [6, 6.07) is 4.10. The van der Waals surface area contributed by atoms with Crippen molar-refractivity contribution in [1.29, 1.82) is 5.26 Å². The van der Waals surface area contributed by atoms with Crippen LogP contribution in [0.4, 0.5) is 5.82 Å². The Labute approximate surface area is 127 Å². The predicted octanol–water partition coefficient (Wildman–Crippen LogP) is 1.34. The molecule has 0 amide bonds. The van der Waals surface area contributed by atoms with Crippen LogP contribution in [0.2, 0.25) is 0 Å². The maximum atomic E-state index is 8.74. The van der Waals surface area contributed by atoms with Crippen LogP contribution in [0.15, 0.2) is 11.4 Å². The molecule has 112 valence electrons. The molecule has 0 aliphatic heterocycles. The number of nitriles is 1. The van der Waals surface area contributed by atoms with Crippen LogP contribution in [-0.4, -0.2) is 41.7 Å². The number of nitrogens with zero attached hydrogens (tertiary/aromatic N) is 4. The number of nitrogens with two attached hydrogens (primary N) is 1. The van der Waals surface area contributed by atoms with Gasteiger partial charge >= 0.3 is 0 Å². The maximum absolute atomic E-state index is 8.74. The highest BCUT2D eigenvalue weighted by Gasteiger charge is 2.12. The molecule has 2 aromatic heterocycles. The van der Waals surface area contributed by atoms with Gasteiger partial charge in [0.05, 0.1) is 24.6 Å². The minimum absolute atomic E-state index is 0.465. The Bertz CT molecular complexity index is 623. The van der Waals surface area contributed by atoms with Crippen molar-refractivity contribution < 1.29 is 4.74 Å². The van der Waals surface area contributed by atoms with Gasteiger partial charge in [-0.25, -0.2) is 15.8 Å². The fraction of sp³-hybridized carbons (Fsp3) is 0.462. The first-order valence-electron chi connectivity index (χ1n) is 6.57. The summed E-state index contributed by atoms with van der Waals surface area (Å²) < 4.78 is 5.10. The molecular formula is C13H18N6OS. The molecule has 7 nitrogen and oxygen atoms in total. The second-order valence-electron chi connectivity index (χ2n) is 4.45. The Balaban J connectivity index is 2.16. The summed E-state index contributed by atoms with van der Waals surface area (Å²) in [5.74, 6) is 6.84. The van der Waals surface area contributed by atoms with E-state index >= 15 is 0 Å². The van der Waals surface area contributed by atoms with Crippen LogP contribution in [-0.2, 0) is 11.3 Å². The van der Waals surface area contributed by atoms with E-state index < -0.39 is 0 Å². The number of hydrogen-bond acceptors (Lipinski definition) is 8. The molecule has 3 N–H and O–H groups in total. The van der Waals surface area contributed by atoms with Crippen molar-refractivity contribution in [3.8, 4) is 6.07 Å². The fourth-order valence-corrected chi connectivity index (χ4v) is 2.76. The number of nitrogens with one attached hydrogen (secondary N) is 1. The standard InChI is InChI=1S/C13H18N6OS/c1-20-7-6-19(5-2-4-14)9-11-16-12(18-15)10-3-8-21-13(10)17-11/h3,8H,2,5-7,9,15H2,1H3,(H,16,17,18). The van der Waals surface area contributed by atoms with E-state index in [2.05, 4.69) is 26.4 Å². The summed E-state index contributed by atoms with van der Waals surface area (Å²) in [6.07, 6.45) is 0.465. The van der Waals surface area contributed by atoms with E-state index in [4.69, 9.17) is 15.8 Å². The normalized spacial score (nSPS) is 11.0. The number of hydrogen-bond donors (Lipinski definition) is 2. The summed E-state index contributed by atoms with van der Waals surface area (Å²) in [4.78, 5) is 12.0. The van der Waals surface area contributed by atoms with Gasteiger partial charge in [0.2, 0.25) is 0 Å². The van der Waals surface area contributed by atoms with Gasteiger partial charge in [0.25, 0.3) is 0 Å². The SMILES string of the molecule is COCCN(CCC#N)Cc1nc(NN)c2ccsc2n1. The molecule has 0 atom stereocenters. The van der Waals surface area contributed by atoms with Gasteiger partial charge in [-0.15, -0.1) is 11.3 Å². The second kappa shape index (κ2) is 7.85. The van der Waals surface area contributed by atoms with E-state index in [1.165, 1.54) is 0 Å². The zero-order chi connectivity index (χ0) is 15.1. The number of hydrazine groups is 1. The quantitative estimate of drug-likeness (QED) is 0.560. The van der Waals surface area contributed by atoms with Crippen molar-refractivity contribution in [2.24, 2.45) is 5.84 Å². The van der Waals surface area contributed by atoms with Crippen LogP contribution in [0, 0.1) is 11.3 Å². The van der Waals surface area contributed by atoms with Gasteiger partial charge in [-0.3, -0.25) is 4.90 Å². The first-order valence-corrected chi connectivity index (χ1v) is 7.45. The molecule has 0 bridgehead atoms. The molecular weight excluding hydrogens is 288 g/mol. The van der Waals surface area contributed by atoms with Gasteiger partial charge in [-0.05, 0) is 11.4 Å². The van der Waals surface area contributed by atoms with Gasteiger partial charge in [0.1, 0.15) is 10.7 Å². The van der Waals surface area contributed by atoms with Crippen molar-refractivity contribution in [3.05, 3.63) is 17.3 Å². The number of nitrogen functional groups attached to an aromatic ring is 1. The van der Waals surface area contributed by atoms with E-state index in [1.54, 1.807) is 18.4 Å². The largest absolute Gasteiger partial charge is 0.383 e. The smallest absolute Gasteiger partial charge is 0.152 e. The highest BCUT2D eigenvalue weighted by molar-refractivity contribution is 7.16. The Kier molecular flexibility index (Phi) is 5.83. The lowest BCUT2D eigenvalue weighted by molar-refractivity contribution is 0.144. The minimum atomic E-state index is 0.465. The number of methoxy groups -OCH3 is 1. The fourth-order valence-electron chi connectivity index (χ4n) is 1.98. The average Bonchev–Trinajstić information content (AvgIpc) is 2.97. The number of fused-ring (bicyclic) bond motifs is 1. The molecule has 0 aliphatic carbocycles. The lowest BCUT2D eigenvalue weighted by Gasteiger charge is -2.20. The summed E-state index contributed by atoms with van der Waals surface area (Å²) >= 11 is 1.55. The molecule has 0 radical (unpaired) electrons. The number of anilines is 1. The number of rotatable bonds is 8. The molecule has 0 spiro atoms. The third-order valence-corrected chi connectivity index (χ3v) is 3.83. The zero-order valence-corrected chi connectivity index (χ0v) is 12.7. The van der Waals surface area contributed by atoms with Gasteiger partial charge in [0, 0.05) is 26.6 Å². The molecule has 0 aromatic carbocycles. The number of ether oxygens (including phenoxy) is 1. The van der Waals surface area contributed by atoms with Crippen LogP contribution in [0.3, 0.4) is 0 Å². The van der Waals surface area contributed by atoms with E-state index in [-0.39, 0.29) is 0 Å². The number of aromatic nitrogens is 2. The highest BCUT2D eigenvalue weighted by atomic mass is 32.1. The van der Waals surface area contributed by atoms with Crippen molar-refractivity contribution in [2.45, 2.75) is 13.0 Å². The Morgan fingerprint density at radius 2 is 2.33 bits per heavy atom. The van der Waals surface area contributed by atoms with E-state index in [1.807, 2.05) is 11.4 Å². The Hall–Kier alpha value is -1.79. The third kappa shape index (κ3) is 4.09. The Morgan fingerprint density at radius 1 is 1.48 bits per heavy atom. The van der Waals surface area contributed by atoms with Crippen molar-refractivity contribution in [3.63, 3.8) is 0 Å². The topological polar surface area (TPSA) is 100 Å². The molecule has 0 aliphatic rings. The van der Waals surface area contributed by atoms with Crippen molar-refractivity contribution >= 4 is 27.4 Å². The summed E-state index contributed by atoms with van der Waals surface area (Å²) in [5, 5.41) is 11.6. The molecule has 8 heteroatoms.